The van der Waals surface area contributed by atoms with E-state index in [0.29, 0.717) is 36.7 Å². The number of esters is 2. The number of hydrogen-bond acceptors (Lipinski definition) is 9. The quantitative estimate of drug-likeness (QED) is 0.0113. The largest absolute Gasteiger partial charge is 0.756 e. The molecule has 0 radical (unpaired) electrons. The zero-order valence-electron chi connectivity index (χ0n) is 37.4. The van der Waals surface area contributed by atoms with Crippen LogP contribution in [0.4, 0.5) is 0 Å². The molecule has 1 unspecified atom stereocenters. The van der Waals surface area contributed by atoms with Crippen LogP contribution >= 0.6 is 7.82 Å². The van der Waals surface area contributed by atoms with E-state index < -0.39 is 32.5 Å². The summed E-state index contributed by atoms with van der Waals surface area (Å²) in [5.74, 6) is -0.842. The summed E-state index contributed by atoms with van der Waals surface area (Å²) in [5, 5.41) is 0. The van der Waals surface area contributed by atoms with Crippen molar-refractivity contribution in [3.8, 4) is 0 Å². The van der Waals surface area contributed by atoms with Crippen molar-refractivity contribution in [2.45, 2.75) is 155 Å². The molecule has 10 nitrogen and oxygen atoms in total. The number of quaternary nitrogens is 1. The third kappa shape index (κ3) is 42.8. The van der Waals surface area contributed by atoms with Crippen molar-refractivity contribution in [2.75, 3.05) is 47.5 Å². The fraction of sp³-hybridized carbons (Fsp3) is 0.646. The summed E-state index contributed by atoms with van der Waals surface area (Å²) < 4.78 is 33.7. The van der Waals surface area contributed by atoms with Gasteiger partial charge in [0, 0.05) is 19.3 Å². The van der Waals surface area contributed by atoms with Gasteiger partial charge >= 0.3 is 11.9 Å². The fourth-order valence-electron chi connectivity index (χ4n) is 5.32. The lowest BCUT2D eigenvalue weighted by Crippen LogP contribution is -2.37. The number of ether oxygens (including phenoxy) is 2. The maximum Gasteiger partial charge on any atom is 0.306 e. The highest BCUT2D eigenvalue weighted by Gasteiger charge is 2.21. The van der Waals surface area contributed by atoms with E-state index in [2.05, 4.69) is 56.4 Å². The zero-order chi connectivity index (χ0) is 43.7. The number of likely N-dealkylation sites (N-methyl/N-ethyl adjacent to an activating group) is 1. The van der Waals surface area contributed by atoms with Gasteiger partial charge in [0.2, 0.25) is 0 Å². The first-order valence-corrected chi connectivity index (χ1v) is 23.7. The molecule has 0 aliphatic carbocycles. The average molecular weight is 846 g/mol. The molecule has 0 bridgehead atoms. The first kappa shape index (κ1) is 55.9. The van der Waals surface area contributed by atoms with E-state index in [1.807, 2.05) is 51.5 Å². The van der Waals surface area contributed by atoms with E-state index in [9.17, 15) is 23.8 Å². The number of allylic oxidation sites excluding steroid dienone is 14. The van der Waals surface area contributed by atoms with Gasteiger partial charge in [0.1, 0.15) is 19.8 Å². The Morgan fingerprint density at radius 1 is 0.576 bits per heavy atom. The van der Waals surface area contributed by atoms with Crippen molar-refractivity contribution < 1.29 is 46.8 Å². The zero-order valence-corrected chi connectivity index (χ0v) is 38.3. The second-order valence-electron chi connectivity index (χ2n) is 15.7. The Morgan fingerprint density at radius 3 is 1.68 bits per heavy atom. The Kier molecular flexibility index (Phi) is 36.9. The lowest BCUT2D eigenvalue weighted by Gasteiger charge is -2.28. The molecular weight excluding hydrogens is 765 g/mol. The van der Waals surface area contributed by atoms with Gasteiger partial charge in [-0.05, 0) is 76.7 Å². The lowest BCUT2D eigenvalue weighted by molar-refractivity contribution is -0.870. The molecule has 0 aliphatic heterocycles. The van der Waals surface area contributed by atoms with Gasteiger partial charge in [0.15, 0.2) is 11.9 Å². The third-order valence-corrected chi connectivity index (χ3v) is 9.83. The van der Waals surface area contributed by atoms with Crippen LogP contribution in [-0.2, 0) is 37.5 Å². The van der Waals surface area contributed by atoms with Crippen molar-refractivity contribution in [1.82, 2.24) is 0 Å². The molecule has 0 aliphatic rings. The minimum absolute atomic E-state index is 0.0639. The number of ketones is 1. The molecule has 0 aromatic heterocycles. The second kappa shape index (κ2) is 39.0. The Balaban J connectivity index is 4.60. The molecule has 0 saturated carbocycles. The van der Waals surface area contributed by atoms with Crippen LogP contribution < -0.4 is 4.89 Å². The Bertz CT molecular complexity index is 1340. The molecule has 2 atom stereocenters. The summed E-state index contributed by atoms with van der Waals surface area (Å²) in [6.07, 6.45) is 46.1. The van der Waals surface area contributed by atoms with E-state index in [4.69, 9.17) is 18.5 Å². The SMILES string of the molecule is CCCCCCCC/C=C\C/C=C\C/C=C\CCCC(=O)OC[C@H](COP(=O)([O-])OCC[N+](C)(C)C)OC(=O)CCC/C=C\C/C=C\C/C=C\C=C\C(=O)CCCCC. The van der Waals surface area contributed by atoms with E-state index in [-0.39, 0.29) is 31.8 Å². The Hall–Kier alpha value is -3.14. The van der Waals surface area contributed by atoms with Gasteiger partial charge in [-0.15, -0.1) is 0 Å². The summed E-state index contributed by atoms with van der Waals surface area (Å²) in [6, 6.07) is 0. The number of hydrogen-bond donors (Lipinski definition) is 0. The van der Waals surface area contributed by atoms with Crippen LogP contribution in [0, 0.1) is 0 Å². The summed E-state index contributed by atoms with van der Waals surface area (Å²) >= 11 is 0. The molecular formula is C48H80NO9P. The van der Waals surface area contributed by atoms with E-state index in [1.54, 1.807) is 12.2 Å². The minimum atomic E-state index is -4.67. The molecule has 0 amide bonds. The average Bonchev–Trinajstić information content (AvgIpc) is 3.18. The van der Waals surface area contributed by atoms with Crippen molar-refractivity contribution in [2.24, 2.45) is 0 Å². The number of nitrogens with zero attached hydrogens (tertiary/aromatic N) is 1. The minimum Gasteiger partial charge on any atom is -0.756 e. The molecule has 0 aromatic rings. The van der Waals surface area contributed by atoms with Gasteiger partial charge in [0.25, 0.3) is 7.82 Å². The number of rotatable bonds is 39. The van der Waals surface area contributed by atoms with Gasteiger partial charge in [-0.1, -0.05) is 138 Å². The predicted molar refractivity (Wildman–Crippen MR) is 241 cm³/mol. The molecule has 0 saturated heterocycles. The summed E-state index contributed by atoms with van der Waals surface area (Å²) in [4.78, 5) is 49.2. The van der Waals surface area contributed by atoms with E-state index in [1.165, 1.54) is 38.5 Å². The van der Waals surface area contributed by atoms with Crippen molar-refractivity contribution in [3.63, 3.8) is 0 Å². The van der Waals surface area contributed by atoms with Crippen molar-refractivity contribution in [1.29, 1.82) is 0 Å². The molecule has 336 valence electrons. The fourth-order valence-corrected chi connectivity index (χ4v) is 6.05. The molecule has 0 heterocycles. The highest BCUT2D eigenvalue weighted by Crippen LogP contribution is 2.38. The summed E-state index contributed by atoms with van der Waals surface area (Å²) in [6.45, 7) is 3.89. The van der Waals surface area contributed by atoms with Gasteiger partial charge in [0.05, 0.1) is 27.7 Å². The molecule has 0 aromatic carbocycles. The van der Waals surface area contributed by atoms with Gasteiger partial charge in [-0.3, -0.25) is 18.9 Å². The summed E-state index contributed by atoms with van der Waals surface area (Å²) in [7, 11) is 1.05. The van der Waals surface area contributed by atoms with Crippen LogP contribution in [0.15, 0.2) is 85.1 Å². The highest BCUT2D eigenvalue weighted by atomic mass is 31.2. The monoisotopic (exact) mass is 846 g/mol. The number of carbonyl (C=O) groups excluding carboxylic acids is 3. The topological polar surface area (TPSA) is 128 Å². The normalized spacial score (nSPS) is 14.3. The predicted octanol–water partition coefficient (Wildman–Crippen LogP) is 11.3. The van der Waals surface area contributed by atoms with Crippen LogP contribution in [0.3, 0.4) is 0 Å². The number of unbranched alkanes of at least 4 members (excludes halogenated alkanes) is 10. The van der Waals surface area contributed by atoms with E-state index in [0.717, 1.165) is 57.8 Å². The van der Waals surface area contributed by atoms with Crippen LogP contribution in [0.25, 0.3) is 0 Å². The molecule has 11 heteroatoms. The standard InChI is InChI=1S/C48H80NO9P/c1-6-8-10-11-12-13-14-15-16-17-18-19-22-25-28-31-35-39-47(51)55-43-46(44-57-59(53,54)56-42-41-49(3,4)5)58-48(52)40-36-32-29-26-23-20-21-24-27-30-34-38-45(50)37-33-9-7-2/h15-16,18-21,25-30,34,38,46H,6-14,17,22-24,31-33,35-37,39-44H2,1-5H3/b16-15-,19-18-,21-20-,28-25-,29-26-,30-27-,38-34+/t46-/m1/s1. The summed E-state index contributed by atoms with van der Waals surface area (Å²) in [5.41, 5.74) is 0. The molecule has 0 N–H and O–H groups in total. The van der Waals surface area contributed by atoms with Gasteiger partial charge in [-0.2, -0.15) is 0 Å². The maximum absolute atomic E-state index is 12.6. The van der Waals surface area contributed by atoms with Crippen molar-refractivity contribution in [3.05, 3.63) is 85.1 Å². The van der Waals surface area contributed by atoms with Gasteiger partial charge < -0.3 is 27.9 Å². The van der Waals surface area contributed by atoms with Crippen molar-refractivity contribution >= 4 is 25.5 Å². The Morgan fingerprint density at radius 2 is 1.08 bits per heavy atom. The van der Waals surface area contributed by atoms with E-state index >= 15 is 0 Å². The van der Waals surface area contributed by atoms with Gasteiger partial charge in [-0.25, -0.2) is 0 Å². The molecule has 0 fully saturated rings. The first-order valence-electron chi connectivity index (χ1n) is 22.2. The number of phosphoric ester groups is 1. The van der Waals surface area contributed by atoms with Crippen LogP contribution in [0.1, 0.15) is 149 Å². The lowest BCUT2D eigenvalue weighted by atomic mass is 10.1. The number of phosphoric acid groups is 1. The Labute approximate surface area is 358 Å². The second-order valence-corrected chi connectivity index (χ2v) is 17.1. The number of carbonyl (C=O) groups is 3. The molecule has 0 spiro atoms. The molecule has 0 rings (SSSR count). The highest BCUT2D eigenvalue weighted by molar-refractivity contribution is 7.45. The van der Waals surface area contributed by atoms with Crippen LogP contribution in [-0.4, -0.2) is 75.8 Å². The van der Waals surface area contributed by atoms with Crippen LogP contribution in [0.2, 0.25) is 0 Å². The first-order chi connectivity index (χ1) is 28.4. The third-order valence-electron chi connectivity index (χ3n) is 8.86. The smallest absolute Gasteiger partial charge is 0.306 e. The maximum atomic E-state index is 12.6. The van der Waals surface area contributed by atoms with Crippen LogP contribution in [0.5, 0.6) is 0 Å². The molecule has 59 heavy (non-hydrogen) atoms.